The minimum Gasteiger partial charge on any atom is -0.466 e. The summed E-state index contributed by atoms with van der Waals surface area (Å²) in [5.41, 5.74) is 0. The van der Waals surface area contributed by atoms with Crippen LogP contribution >= 0.6 is 0 Å². The predicted octanol–water partition coefficient (Wildman–Crippen LogP) is 20.8. The molecule has 6 nitrogen and oxygen atoms in total. The number of unbranched alkanes of at least 4 members (excludes halogenated alkanes) is 44. The fourth-order valence-electron chi connectivity index (χ4n) is 10.1. The molecule has 0 spiro atoms. The number of aliphatic hydroxyl groups is 2. The summed E-state index contributed by atoms with van der Waals surface area (Å²) in [6, 6.07) is -0.550. The Morgan fingerprint density at radius 1 is 0.384 bits per heavy atom. The number of carbonyl (C=O) groups excluding carboxylic acids is 2. The van der Waals surface area contributed by atoms with E-state index in [1.165, 1.54) is 263 Å². The van der Waals surface area contributed by atoms with Gasteiger partial charge in [0.1, 0.15) is 0 Å². The Balaban J connectivity index is 3.46. The highest BCUT2D eigenvalue weighted by molar-refractivity contribution is 5.76. The lowest BCUT2D eigenvalue weighted by molar-refractivity contribution is -0.143. The van der Waals surface area contributed by atoms with Crippen molar-refractivity contribution in [3.8, 4) is 0 Å². The van der Waals surface area contributed by atoms with Crippen molar-refractivity contribution < 1.29 is 24.5 Å². The number of hydrogen-bond acceptors (Lipinski definition) is 5. The summed E-state index contributed by atoms with van der Waals surface area (Å²) >= 11 is 0. The molecule has 6 heteroatoms. The van der Waals surface area contributed by atoms with Crippen LogP contribution in [0.5, 0.6) is 0 Å². The third kappa shape index (κ3) is 59.2. The van der Waals surface area contributed by atoms with E-state index in [1.807, 2.05) is 0 Å². The van der Waals surface area contributed by atoms with Crippen molar-refractivity contribution >= 4 is 11.9 Å². The molecule has 0 aromatic carbocycles. The van der Waals surface area contributed by atoms with Crippen molar-refractivity contribution in [3.63, 3.8) is 0 Å². The number of nitrogens with one attached hydrogen (secondary N) is 1. The molecule has 0 aromatic rings. The molecule has 0 aliphatic carbocycles. The van der Waals surface area contributed by atoms with Gasteiger partial charge in [0.15, 0.2) is 0 Å². The molecule has 0 rings (SSSR count). The van der Waals surface area contributed by atoms with Crippen LogP contribution in [0.1, 0.15) is 354 Å². The van der Waals surface area contributed by atoms with Gasteiger partial charge in [0, 0.05) is 12.8 Å². The van der Waals surface area contributed by atoms with Gasteiger partial charge in [-0.3, -0.25) is 9.59 Å². The van der Waals surface area contributed by atoms with Gasteiger partial charge in [0.25, 0.3) is 0 Å². The second-order valence-electron chi connectivity index (χ2n) is 22.4. The van der Waals surface area contributed by atoms with Gasteiger partial charge >= 0.3 is 5.97 Å². The Morgan fingerprint density at radius 3 is 1.07 bits per heavy atom. The van der Waals surface area contributed by atoms with Crippen LogP contribution in [0.4, 0.5) is 0 Å². The fourth-order valence-corrected chi connectivity index (χ4v) is 10.1. The maximum Gasteiger partial charge on any atom is 0.305 e. The van der Waals surface area contributed by atoms with E-state index in [2.05, 4.69) is 55.6 Å². The van der Waals surface area contributed by atoms with Crippen molar-refractivity contribution in [1.82, 2.24) is 5.32 Å². The smallest absolute Gasteiger partial charge is 0.305 e. The molecule has 2 unspecified atom stereocenters. The fraction of sp³-hybridized carbons (Fsp3) is 0.881. The number of aliphatic hydroxyl groups excluding tert-OH is 2. The maximum atomic E-state index is 12.5. The van der Waals surface area contributed by atoms with Crippen LogP contribution in [0.15, 0.2) is 36.5 Å². The Bertz CT molecular complexity index is 1180. The first kappa shape index (κ1) is 71.1. The minimum absolute atomic E-state index is 0.00193. The number of ether oxygens (including phenoxy) is 1. The number of esters is 1. The molecule has 73 heavy (non-hydrogen) atoms. The number of carbonyl (C=O) groups is 2. The van der Waals surface area contributed by atoms with Crippen molar-refractivity contribution in [2.24, 2.45) is 0 Å². The summed E-state index contributed by atoms with van der Waals surface area (Å²) in [5, 5.41) is 23.4. The van der Waals surface area contributed by atoms with E-state index in [0.29, 0.717) is 25.9 Å². The van der Waals surface area contributed by atoms with Crippen molar-refractivity contribution in [1.29, 1.82) is 0 Å². The van der Waals surface area contributed by atoms with E-state index in [9.17, 15) is 19.8 Å². The van der Waals surface area contributed by atoms with E-state index in [-0.39, 0.29) is 18.5 Å². The molecule has 0 aliphatic heterocycles. The summed E-state index contributed by atoms with van der Waals surface area (Å²) in [7, 11) is 0. The standard InChI is InChI=1S/C67H127NO5/c1-3-5-7-9-11-13-15-17-18-19-20-26-29-32-36-39-43-47-51-55-59-65(70)64(63-69)68-66(71)60-56-52-48-44-40-37-33-30-27-24-22-21-23-25-28-31-34-38-42-46-50-54-58-62-73-67(72)61-57-53-49-45-41-35-16-14-12-10-8-6-4-2/h14,16,21,23-24,27,64-65,69-70H,3-13,15,17-20,22,25-26,28-63H2,1-2H3,(H,68,71)/b16-14-,23-21-,27-24-. The molecule has 430 valence electrons. The second-order valence-corrected chi connectivity index (χ2v) is 22.4. The van der Waals surface area contributed by atoms with Gasteiger partial charge in [-0.1, -0.05) is 294 Å². The summed E-state index contributed by atoms with van der Waals surface area (Å²) in [6.07, 6.45) is 78.8. The molecule has 0 heterocycles. The van der Waals surface area contributed by atoms with E-state index in [0.717, 1.165) is 57.8 Å². The SMILES string of the molecule is CCCCCC/C=C\CCCCCCCC(=O)OCCCCCCCCCCC/C=C\C/C=C\CCCCCCCCCC(=O)NC(CO)C(O)CCCCCCCCCCCCCCCCCCCCCC. The van der Waals surface area contributed by atoms with Crippen molar-refractivity contribution in [2.45, 2.75) is 366 Å². The lowest BCUT2D eigenvalue weighted by Crippen LogP contribution is -2.45. The zero-order valence-electron chi connectivity index (χ0n) is 49.1. The molecule has 3 N–H and O–H groups in total. The highest BCUT2D eigenvalue weighted by atomic mass is 16.5. The van der Waals surface area contributed by atoms with Gasteiger partial charge in [-0.2, -0.15) is 0 Å². The van der Waals surface area contributed by atoms with Crippen LogP contribution in [0, 0.1) is 0 Å². The molecule has 2 atom stereocenters. The third-order valence-corrected chi connectivity index (χ3v) is 15.2. The maximum absolute atomic E-state index is 12.5. The first-order valence-electron chi connectivity index (χ1n) is 32.7. The van der Waals surface area contributed by atoms with Gasteiger partial charge in [0.05, 0.1) is 25.4 Å². The number of amides is 1. The predicted molar refractivity (Wildman–Crippen MR) is 319 cm³/mol. The molecular weight excluding hydrogens is 899 g/mol. The first-order chi connectivity index (χ1) is 36.0. The van der Waals surface area contributed by atoms with E-state index in [4.69, 9.17) is 4.74 Å². The molecule has 0 bridgehead atoms. The van der Waals surface area contributed by atoms with E-state index >= 15 is 0 Å². The molecule has 0 aromatic heterocycles. The Kier molecular flexibility index (Phi) is 61.0. The lowest BCUT2D eigenvalue weighted by atomic mass is 10.0. The van der Waals surface area contributed by atoms with Gasteiger partial charge in [-0.15, -0.1) is 0 Å². The molecule has 0 fully saturated rings. The Labute approximate surface area is 455 Å². The number of allylic oxidation sites excluding steroid dienone is 6. The summed E-state index contributed by atoms with van der Waals surface area (Å²) < 4.78 is 5.47. The topological polar surface area (TPSA) is 95.9 Å². The van der Waals surface area contributed by atoms with Crippen molar-refractivity contribution in [2.75, 3.05) is 13.2 Å². The van der Waals surface area contributed by atoms with Crippen LogP contribution in [0.25, 0.3) is 0 Å². The van der Waals surface area contributed by atoms with Crippen LogP contribution in [0.3, 0.4) is 0 Å². The number of hydrogen-bond donors (Lipinski definition) is 3. The van der Waals surface area contributed by atoms with Gasteiger partial charge < -0.3 is 20.3 Å². The summed E-state index contributed by atoms with van der Waals surface area (Å²) in [6.45, 7) is 4.95. The quantitative estimate of drug-likeness (QED) is 0.0320. The minimum atomic E-state index is -0.672. The Hall–Kier alpha value is -1.92. The van der Waals surface area contributed by atoms with Gasteiger partial charge in [-0.05, 0) is 83.5 Å². The van der Waals surface area contributed by atoms with Crippen LogP contribution in [-0.4, -0.2) is 47.4 Å². The summed E-state index contributed by atoms with van der Waals surface area (Å²) in [5.74, 6) is -0.0445. The molecule has 0 aliphatic rings. The molecular formula is C67H127NO5. The second kappa shape index (κ2) is 62.6. The van der Waals surface area contributed by atoms with Gasteiger partial charge in [0.2, 0.25) is 5.91 Å². The van der Waals surface area contributed by atoms with Crippen LogP contribution < -0.4 is 5.32 Å². The zero-order chi connectivity index (χ0) is 52.9. The van der Waals surface area contributed by atoms with Crippen LogP contribution in [0.2, 0.25) is 0 Å². The van der Waals surface area contributed by atoms with Crippen LogP contribution in [-0.2, 0) is 14.3 Å². The highest BCUT2D eigenvalue weighted by Crippen LogP contribution is 2.18. The number of rotatable bonds is 61. The monoisotopic (exact) mass is 1030 g/mol. The molecule has 0 saturated carbocycles. The highest BCUT2D eigenvalue weighted by Gasteiger charge is 2.20. The average Bonchev–Trinajstić information content (AvgIpc) is 3.39. The van der Waals surface area contributed by atoms with E-state index in [1.54, 1.807) is 0 Å². The third-order valence-electron chi connectivity index (χ3n) is 15.2. The lowest BCUT2D eigenvalue weighted by Gasteiger charge is -2.22. The van der Waals surface area contributed by atoms with Gasteiger partial charge in [-0.25, -0.2) is 0 Å². The Morgan fingerprint density at radius 2 is 0.685 bits per heavy atom. The largest absolute Gasteiger partial charge is 0.466 e. The molecule has 1 amide bonds. The molecule has 0 radical (unpaired) electrons. The summed E-state index contributed by atoms with van der Waals surface area (Å²) in [4.78, 5) is 24.5. The van der Waals surface area contributed by atoms with Crippen molar-refractivity contribution in [3.05, 3.63) is 36.5 Å². The zero-order valence-corrected chi connectivity index (χ0v) is 49.1. The first-order valence-corrected chi connectivity index (χ1v) is 32.7. The average molecular weight is 1030 g/mol. The molecule has 0 saturated heterocycles. The van der Waals surface area contributed by atoms with E-state index < -0.39 is 12.1 Å². The normalized spacial score (nSPS) is 12.8.